The number of rotatable bonds is 7. The summed E-state index contributed by atoms with van der Waals surface area (Å²) in [6, 6.07) is 5.25. The third-order valence-corrected chi connectivity index (χ3v) is 3.82. The van der Waals surface area contributed by atoms with Crippen LogP contribution in [0.4, 0.5) is 5.82 Å². The lowest BCUT2D eigenvalue weighted by atomic mass is 10.2. The van der Waals surface area contributed by atoms with Gasteiger partial charge >= 0.3 is 0 Å². The molecule has 0 aliphatic rings. The largest absolute Gasteiger partial charge is 0.362 e. The van der Waals surface area contributed by atoms with Crippen molar-refractivity contribution in [3.05, 3.63) is 59.9 Å². The minimum absolute atomic E-state index is 0.0337. The number of nitrogens with one attached hydrogen (secondary N) is 2. The van der Waals surface area contributed by atoms with Gasteiger partial charge in [0.15, 0.2) is 5.82 Å². The predicted molar refractivity (Wildman–Crippen MR) is 97.9 cm³/mol. The topological polar surface area (TPSA) is 119 Å². The fourth-order valence-electron chi connectivity index (χ4n) is 2.30. The van der Waals surface area contributed by atoms with Crippen molar-refractivity contribution < 1.29 is 9.32 Å². The Morgan fingerprint density at radius 2 is 2.04 bits per heavy atom. The molecule has 0 saturated heterocycles. The minimum Gasteiger partial charge on any atom is -0.362 e. The van der Waals surface area contributed by atoms with Crippen molar-refractivity contribution in [2.75, 3.05) is 5.32 Å². The molecule has 3 rings (SSSR count). The van der Waals surface area contributed by atoms with E-state index in [1.54, 1.807) is 18.3 Å². The van der Waals surface area contributed by atoms with Crippen LogP contribution >= 0.6 is 0 Å². The van der Waals surface area contributed by atoms with Crippen LogP contribution in [-0.2, 0) is 6.54 Å². The number of hydrogen-bond acceptors (Lipinski definition) is 8. The van der Waals surface area contributed by atoms with E-state index < -0.39 is 0 Å². The van der Waals surface area contributed by atoms with Crippen LogP contribution in [0.2, 0.25) is 0 Å². The summed E-state index contributed by atoms with van der Waals surface area (Å²) in [7, 11) is 0. The highest BCUT2D eigenvalue weighted by molar-refractivity contribution is 5.93. The first kappa shape index (κ1) is 18.4. The van der Waals surface area contributed by atoms with E-state index in [2.05, 4.69) is 35.7 Å². The number of pyridine rings is 1. The maximum atomic E-state index is 12.2. The van der Waals surface area contributed by atoms with E-state index >= 15 is 0 Å². The summed E-state index contributed by atoms with van der Waals surface area (Å²) >= 11 is 0. The van der Waals surface area contributed by atoms with Crippen molar-refractivity contribution in [3.63, 3.8) is 0 Å². The highest BCUT2D eigenvalue weighted by Crippen LogP contribution is 2.15. The molecule has 0 radical (unpaired) electrons. The SMILES string of the molecule is CC(C)c1nc(CNC(=O)c2ccc(N[C@H](C)c3ccncn3)nc2)no1. The Morgan fingerprint density at radius 3 is 2.67 bits per heavy atom. The molecular weight excluding hydrogens is 346 g/mol. The third kappa shape index (κ3) is 4.84. The number of nitrogens with zero attached hydrogens (tertiary/aromatic N) is 5. The molecule has 0 fully saturated rings. The fourth-order valence-corrected chi connectivity index (χ4v) is 2.30. The summed E-state index contributed by atoms with van der Waals surface area (Å²) in [5.41, 5.74) is 1.30. The molecule has 0 unspecified atom stereocenters. The second-order valence-corrected chi connectivity index (χ2v) is 6.32. The molecule has 9 heteroatoms. The third-order valence-electron chi connectivity index (χ3n) is 3.82. The average molecular weight is 367 g/mol. The molecule has 2 N–H and O–H groups in total. The fraction of sp³-hybridized carbons (Fsp3) is 0.333. The van der Waals surface area contributed by atoms with Gasteiger partial charge in [0.25, 0.3) is 5.91 Å². The van der Waals surface area contributed by atoms with Gasteiger partial charge < -0.3 is 15.2 Å². The first-order chi connectivity index (χ1) is 13.0. The minimum atomic E-state index is -0.256. The van der Waals surface area contributed by atoms with Crippen LogP contribution in [-0.4, -0.2) is 31.0 Å². The van der Waals surface area contributed by atoms with Gasteiger partial charge in [0.1, 0.15) is 12.1 Å². The maximum absolute atomic E-state index is 12.2. The van der Waals surface area contributed by atoms with E-state index in [1.165, 1.54) is 12.5 Å². The van der Waals surface area contributed by atoms with Gasteiger partial charge in [-0.25, -0.2) is 15.0 Å². The van der Waals surface area contributed by atoms with Gasteiger partial charge in [0.2, 0.25) is 5.89 Å². The Morgan fingerprint density at radius 1 is 1.19 bits per heavy atom. The molecule has 0 bridgehead atoms. The van der Waals surface area contributed by atoms with Crippen LogP contribution in [0.25, 0.3) is 0 Å². The Balaban J connectivity index is 1.55. The first-order valence-corrected chi connectivity index (χ1v) is 8.62. The molecule has 0 saturated carbocycles. The second-order valence-electron chi connectivity index (χ2n) is 6.32. The number of aromatic nitrogens is 5. The Labute approximate surface area is 156 Å². The summed E-state index contributed by atoms with van der Waals surface area (Å²) in [4.78, 5) is 28.8. The molecule has 27 heavy (non-hydrogen) atoms. The predicted octanol–water partition coefficient (Wildman–Crippen LogP) is 2.48. The molecule has 0 spiro atoms. The summed E-state index contributed by atoms with van der Waals surface area (Å²) in [5, 5.41) is 9.82. The van der Waals surface area contributed by atoms with Crippen LogP contribution in [0.3, 0.4) is 0 Å². The van der Waals surface area contributed by atoms with Crippen LogP contribution in [0.5, 0.6) is 0 Å². The Bertz CT molecular complexity index is 878. The molecule has 0 aliphatic carbocycles. The molecule has 140 valence electrons. The van der Waals surface area contributed by atoms with Gasteiger partial charge in [-0.2, -0.15) is 4.98 Å². The van der Waals surface area contributed by atoms with Gasteiger partial charge in [-0.05, 0) is 25.1 Å². The smallest absolute Gasteiger partial charge is 0.253 e. The van der Waals surface area contributed by atoms with Gasteiger partial charge in [-0.3, -0.25) is 4.79 Å². The van der Waals surface area contributed by atoms with Crippen molar-refractivity contribution in [2.24, 2.45) is 0 Å². The summed E-state index contributed by atoms with van der Waals surface area (Å²) in [6.45, 7) is 6.09. The van der Waals surface area contributed by atoms with Crippen molar-refractivity contribution >= 4 is 11.7 Å². The summed E-state index contributed by atoms with van der Waals surface area (Å²) < 4.78 is 5.11. The molecule has 3 heterocycles. The molecular formula is C18H21N7O2. The molecule has 3 aromatic rings. The van der Waals surface area contributed by atoms with Crippen molar-refractivity contribution in [3.8, 4) is 0 Å². The molecule has 0 aliphatic heterocycles. The van der Waals surface area contributed by atoms with Crippen LogP contribution in [0.15, 0.2) is 41.4 Å². The average Bonchev–Trinajstić information content (AvgIpc) is 3.17. The van der Waals surface area contributed by atoms with Crippen LogP contribution in [0.1, 0.15) is 60.5 Å². The molecule has 3 aromatic heterocycles. The number of carbonyl (C=O) groups excluding carboxylic acids is 1. The molecule has 0 aromatic carbocycles. The number of hydrogen-bond donors (Lipinski definition) is 2. The second kappa shape index (κ2) is 8.35. The van der Waals surface area contributed by atoms with Gasteiger partial charge in [0.05, 0.1) is 23.8 Å². The van der Waals surface area contributed by atoms with E-state index in [0.29, 0.717) is 23.1 Å². The zero-order valence-electron chi connectivity index (χ0n) is 15.4. The van der Waals surface area contributed by atoms with E-state index in [0.717, 1.165) is 5.69 Å². The normalized spacial score (nSPS) is 12.0. The van der Waals surface area contributed by atoms with Crippen molar-refractivity contribution in [1.29, 1.82) is 0 Å². The van der Waals surface area contributed by atoms with E-state index in [1.807, 2.05) is 26.8 Å². The standard InChI is InChI=1S/C18H21N7O2/c1-11(2)18-24-16(25-27-18)9-21-17(26)13-4-5-15(20-8-13)23-12(3)14-6-7-19-10-22-14/h4-8,10-12H,9H2,1-3H3,(H,20,23)(H,21,26)/t12-/m1/s1. The Kier molecular flexibility index (Phi) is 5.70. The number of anilines is 1. The highest BCUT2D eigenvalue weighted by atomic mass is 16.5. The van der Waals surface area contributed by atoms with E-state index in [9.17, 15) is 4.79 Å². The van der Waals surface area contributed by atoms with Crippen molar-refractivity contribution in [1.82, 2.24) is 30.4 Å². The van der Waals surface area contributed by atoms with Gasteiger partial charge in [0, 0.05) is 18.3 Å². The van der Waals surface area contributed by atoms with Crippen LogP contribution < -0.4 is 10.6 Å². The van der Waals surface area contributed by atoms with E-state index in [-0.39, 0.29) is 24.4 Å². The molecule has 1 amide bonds. The Hall–Kier alpha value is -3.36. The molecule has 9 nitrogen and oxygen atoms in total. The zero-order chi connectivity index (χ0) is 19.2. The maximum Gasteiger partial charge on any atom is 0.253 e. The van der Waals surface area contributed by atoms with Crippen LogP contribution in [0, 0.1) is 0 Å². The highest BCUT2D eigenvalue weighted by Gasteiger charge is 2.12. The lowest BCUT2D eigenvalue weighted by Gasteiger charge is -2.13. The zero-order valence-corrected chi connectivity index (χ0v) is 15.4. The lowest BCUT2D eigenvalue weighted by molar-refractivity contribution is 0.0949. The lowest BCUT2D eigenvalue weighted by Crippen LogP contribution is -2.23. The number of carbonyl (C=O) groups is 1. The molecule has 1 atom stereocenters. The van der Waals surface area contributed by atoms with Crippen molar-refractivity contribution in [2.45, 2.75) is 39.3 Å². The van der Waals surface area contributed by atoms with Gasteiger partial charge in [-0.1, -0.05) is 19.0 Å². The monoisotopic (exact) mass is 367 g/mol. The summed E-state index contributed by atoms with van der Waals surface area (Å²) in [5.74, 6) is 1.54. The van der Waals surface area contributed by atoms with Gasteiger partial charge in [-0.15, -0.1) is 0 Å². The quantitative estimate of drug-likeness (QED) is 0.654. The number of amides is 1. The first-order valence-electron chi connectivity index (χ1n) is 8.62. The summed E-state index contributed by atoms with van der Waals surface area (Å²) in [6.07, 6.45) is 4.71. The van der Waals surface area contributed by atoms with E-state index in [4.69, 9.17) is 4.52 Å².